The lowest BCUT2D eigenvalue weighted by Gasteiger charge is -2.24. The summed E-state index contributed by atoms with van der Waals surface area (Å²) in [5.41, 5.74) is 1.74. The van der Waals surface area contributed by atoms with Crippen LogP contribution in [0.4, 0.5) is 0 Å². The summed E-state index contributed by atoms with van der Waals surface area (Å²) in [7, 11) is 0. The molecule has 4 unspecified atom stereocenters. The molecule has 3 amide bonds. The van der Waals surface area contributed by atoms with Gasteiger partial charge < -0.3 is 20.9 Å². The average molecular weight is 629 g/mol. The highest BCUT2D eigenvalue weighted by Crippen LogP contribution is 2.33. The average Bonchev–Trinajstić information content (AvgIpc) is 3.15. The molecule has 0 spiro atoms. The number of halogens is 1. The SMILES string of the molecule is C=C(Cl)CCCCCSCNC(=O)C(C)C(C)NC(=O)C(C)NC(=C)CCCCCN1C(=C)CC(SC(C)C)C1=O. The number of likely N-dealkylation sites (tertiary alicyclic amines) is 1. The number of amides is 3. The smallest absolute Gasteiger partial charge is 0.242 e. The molecule has 0 aromatic carbocycles. The largest absolute Gasteiger partial charge is 0.378 e. The van der Waals surface area contributed by atoms with Crippen molar-refractivity contribution >= 4 is 52.8 Å². The van der Waals surface area contributed by atoms with Gasteiger partial charge in [0.15, 0.2) is 0 Å². The van der Waals surface area contributed by atoms with Gasteiger partial charge in [0, 0.05) is 35.4 Å². The molecule has 0 aromatic rings. The summed E-state index contributed by atoms with van der Waals surface area (Å²) >= 11 is 9.19. The van der Waals surface area contributed by atoms with Crippen molar-refractivity contribution in [3.8, 4) is 0 Å². The first kappa shape index (κ1) is 37.4. The van der Waals surface area contributed by atoms with E-state index in [-0.39, 0.29) is 34.9 Å². The number of hydrogen-bond donors (Lipinski definition) is 3. The third-order valence-electron chi connectivity index (χ3n) is 7.07. The van der Waals surface area contributed by atoms with Crippen LogP contribution in [0, 0.1) is 5.92 Å². The lowest BCUT2D eigenvalue weighted by molar-refractivity contribution is -0.127. The quantitative estimate of drug-likeness (QED) is 0.0930. The molecule has 1 heterocycles. The first-order valence-corrected chi connectivity index (χ1v) is 17.4. The molecule has 3 N–H and O–H groups in total. The van der Waals surface area contributed by atoms with Gasteiger partial charge >= 0.3 is 0 Å². The minimum atomic E-state index is -0.451. The van der Waals surface area contributed by atoms with Gasteiger partial charge in [0.25, 0.3) is 0 Å². The van der Waals surface area contributed by atoms with E-state index in [4.69, 9.17) is 11.6 Å². The van der Waals surface area contributed by atoms with Gasteiger partial charge in [0.2, 0.25) is 17.7 Å². The second-order valence-corrected chi connectivity index (χ2v) is 14.6. The summed E-state index contributed by atoms with van der Waals surface area (Å²) in [5.74, 6) is 1.16. The van der Waals surface area contributed by atoms with Gasteiger partial charge in [-0.25, -0.2) is 0 Å². The first-order valence-electron chi connectivity index (χ1n) is 14.9. The van der Waals surface area contributed by atoms with Gasteiger partial charge in [-0.05, 0) is 63.4 Å². The zero-order chi connectivity index (χ0) is 30.9. The monoisotopic (exact) mass is 628 g/mol. The Morgan fingerprint density at radius 2 is 1.63 bits per heavy atom. The van der Waals surface area contributed by atoms with E-state index in [1.54, 1.807) is 30.4 Å². The molecular formula is C31H53ClN4O3S2. The van der Waals surface area contributed by atoms with Crippen LogP contribution >= 0.6 is 35.1 Å². The number of carbonyl (C=O) groups excluding carboxylic acids is 3. The number of thioether (sulfide) groups is 2. The van der Waals surface area contributed by atoms with E-state index < -0.39 is 6.04 Å². The van der Waals surface area contributed by atoms with Crippen molar-refractivity contribution in [2.24, 2.45) is 5.92 Å². The summed E-state index contributed by atoms with van der Waals surface area (Å²) in [6, 6.07) is -0.747. The predicted octanol–water partition coefficient (Wildman–Crippen LogP) is 6.56. The lowest BCUT2D eigenvalue weighted by Crippen LogP contribution is -2.49. The number of allylic oxidation sites excluding steroid dienone is 3. The van der Waals surface area contributed by atoms with Crippen molar-refractivity contribution in [2.75, 3.05) is 18.2 Å². The molecule has 7 nitrogen and oxygen atoms in total. The molecule has 4 atom stereocenters. The van der Waals surface area contributed by atoms with Gasteiger partial charge in [-0.3, -0.25) is 14.4 Å². The van der Waals surface area contributed by atoms with Gasteiger partial charge in [-0.15, -0.1) is 23.5 Å². The number of unbranched alkanes of at least 4 members (excludes halogenated alkanes) is 4. The van der Waals surface area contributed by atoms with Crippen LogP contribution in [0.5, 0.6) is 0 Å². The van der Waals surface area contributed by atoms with Gasteiger partial charge in [0.1, 0.15) is 6.04 Å². The lowest BCUT2D eigenvalue weighted by atomic mass is 10.0. The minimum Gasteiger partial charge on any atom is -0.378 e. The summed E-state index contributed by atoms with van der Waals surface area (Å²) in [6.45, 7) is 22.3. The van der Waals surface area contributed by atoms with Crippen LogP contribution in [0.25, 0.3) is 0 Å². The summed E-state index contributed by atoms with van der Waals surface area (Å²) in [6.07, 6.45) is 8.38. The number of nitrogens with one attached hydrogen (secondary N) is 3. The third kappa shape index (κ3) is 15.5. The molecule has 0 saturated carbocycles. The molecule has 0 bridgehead atoms. The van der Waals surface area contributed by atoms with Crippen LogP contribution in [-0.2, 0) is 14.4 Å². The van der Waals surface area contributed by atoms with Crippen LogP contribution in [0.15, 0.2) is 36.2 Å². The predicted molar refractivity (Wildman–Crippen MR) is 178 cm³/mol. The maximum absolute atomic E-state index is 12.7. The van der Waals surface area contributed by atoms with Gasteiger partial charge in [0.05, 0.1) is 17.0 Å². The summed E-state index contributed by atoms with van der Waals surface area (Å²) in [5, 5.41) is 10.2. The highest BCUT2D eigenvalue weighted by atomic mass is 35.5. The van der Waals surface area contributed by atoms with E-state index in [2.05, 4.69) is 49.5 Å². The highest BCUT2D eigenvalue weighted by Gasteiger charge is 2.35. The first-order chi connectivity index (χ1) is 19.3. The van der Waals surface area contributed by atoms with Crippen LogP contribution in [-0.4, -0.2) is 63.4 Å². The van der Waals surface area contributed by atoms with Crippen LogP contribution < -0.4 is 16.0 Å². The molecule has 0 aromatic heterocycles. The molecule has 10 heteroatoms. The van der Waals surface area contributed by atoms with E-state index in [0.29, 0.717) is 22.7 Å². The topological polar surface area (TPSA) is 90.5 Å². The standard InChI is InChI=1S/C31H53ClN4O3S2/c1-21(2)41-28-19-24(5)36(31(28)39)17-13-9-12-16-23(4)34-27(8)30(38)35-26(7)25(6)29(37)33-20-40-18-14-10-11-15-22(3)32/h21,25-28,34H,3-5,9-20H2,1-2,6-8H3,(H,33,37)(H,35,38). The Bertz CT molecular complexity index is 899. The molecule has 0 radical (unpaired) electrons. The summed E-state index contributed by atoms with van der Waals surface area (Å²) < 4.78 is 0. The molecule has 1 aliphatic heterocycles. The van der Waals surface area contributed by atoms with Crippen molar-refractivity contribution < 1.29 is 14.4 Å². The fourth-order valence-electron chi connectivity index (χ4n) is 4.43. The van der Waals surface area contributed by atoms with Gasteiger partial charge in [-0.2, -0.15) is 0 Å². The maximum atomic E-state index is 12.7. The van der Waals surface area contributed by atoms with Crippen molar-refractivity contribution in [2.45, 2.75) is 115 Å². The Kier molecular flexibility index (Phi) is 18.6. The zero-order valence-corrected chi connectivity index (χ0v) is 28.2. The Morgan fingerprint density at radius 3 is 2.29 bits per heavy atom. The van der Waals surface area contributed by atoms with Crippen LogP contribution in [0.1, 0.15) is 92.4 Å². The molecule has 1 fully saturated rings. The maximum Gasteiger partial charge on any atom is 0.242 e. The number of hydrogen-bond acceptors (Lipinski definition) is 6. The van der Waals surface area contributed by atoms with E-state index in [1.165, 1.54) is 0 Å². The minimum absolute atomic E-state index is 0.00628. The van der Waals surface area contributed by atoms with Crippen molar-refractivity contribution in [1.29, 1.82) is 0 Å². The second-order valence-electron chi connectivity index (χ2n) is 11.2. The summed E-state index contributed by atoms with van der Waals surface area (Å²) in [4.78, 5) is 39.7. The van der Waals surface area contributed by atoms with Gasteiger partial charge in [-0.1, -0.05) is 65.0 Å². The van der Waals surface area contributed by atoms with E-state index in [9.17, 15) is 14.4 Å². The number of carbonyl (C=O) groups is 3. The Morgan fingerprint density at radius 1 is 0.976 bits per heavy atom. The van der Waals surface area contributed by atoms with Crippen molar-refractivity contribution in [3.63, 3.8) is 0 Å². The van der Waals surface area contributed by atoms with Crippen molar-refractivity contribution in [1.82, 2.24) is 20.9 Å². The molecule has 234 valence electrons. The molecule has 1 saturated heterocycles. The normalized spacial score (nSPS) is 17.3. The number of nitrogens with zero attached hydrogens (tertiary/aromatic N) is 1. The molecule has 0 aliphatic carbocycles. The number of rotatable bonds is 22. The second kappa shape index (κ2) is 20.3. The Hall–Kier alpha value is -1.58. The fraction of sp³-hybridized carbons (Fsp3) is 0.710. The van der Waals surface area contributed by atoms with Crippen LogP contribution in [0.2, 0.25) is 0 Å². The van der Waals surface area contributed by atoms with E-state index >= 15 is 0 Å². The molecular weight excluding hydrogens is 576 g/mol. The Labute approximate surface area is 262 Å². The fourth-order valence-corrected chi connectivity index (χ4v) is 6.55. The Balaban J connectivity index is 2.21. The van der Waals surface area contributed by atoms with Crippen molar-refractivity contribution in [3.05, 3.63) is 36.2 Å². The molecule has 1 aliphatic rings. The highest BCUT2D eigenvalue weighted by molar-refractivity contribution is 8.01. The molecule has 1 rings (SSSR count). The van der Waals surface area contributed by atoms with E-state index in [1.807, 2.05) is 18.7 Å². The van der Waals surface area contributed by atoms with E-state index in [0.717, 1.165) is 74.9 Å². The molecule has 41 heavy (non-hydrogen) atoms. The third-order valence-corrected chi connectivity index (χ3v) is 9.43. The van der Waals surface area contributed by atoms with Crippen LogP contribution in [0.3, 0.4) is 0 Å². The zero-order valence-electron chi connectivity index (χ0n) is 25.9.